The van der Waals surface area contributed by atoms with Crippen LogP contribution >= 0.6 is 0 Å². The molecule has 1 aliphatic carbocycles. The minimum Gasteiger partial charge on any atom is -0.387 e. The van der Waals surface area contributed by atoms with Gasteiger partial charge in [-0.2, -0.15) is 0 Å². The third kappa shape index (κ3) is 3.36. The number of hydrogen-bond acceptors (Lipinski definition) is 2. The van der Waals surface area contributed by atoms with Crippen LogP contribution < -0.4 is 5.32 Å². The molecular formula is C16H23F2NO. The number of rotatable bonds is 4. The van der Waals surface area contributed by atoms with Crippen molar-refractivity contribution < 1.29 is 13.9 Å². The Hall–Kier alpha value is -1.00. The van der Waals surface area contributed by atoms with Crippen LogP contribution in [0.5, 0.6) is 0 Å². The van der Waals surface area contributed by atoms with Crippen LogP contribution in [-0.2, 0) is 0 Å². The Morgan fingerprint density at radius 3 is 2.55 bits per heavy atom. The molecule has 0 aromatic heterocycles. The number of benzene rings is 1. The summed E-state index contributed by atoms with van der Waals surface area (Å²) in [6.45, 7) is 4.60. The first-order valence-corrected chi connectivity index (χ1v) is 7.36. The lowest BCUT2D eigenvalue weighted by Crippen LogP contribution is -2.42. The summed E-state index contributed by atoms with van der Waals surface area (Å²) in [6, 6.07) is 3.96. The van der Waals surface area contributed by atoms with E-state index in [1.54, 1.807) is 0 Å². The Kier molecular flexibility index (Phi) is 5.11. The molecule has 0 radical (unpaired) electrons. The molecule has 0 bridgehead atoms. The van der Waals surface area contributed by atoms with Crippen LogP contribution in [0.2, 0.25) is 0 Å². The molecule has 1 saturated carbocycles. The maximum Gasteiger partial charge on any atom is 0.131 e. The van der Waals surface area contributed by atoms with Crippen LogP contribution in [0, 0.1) is 23.5 Å². The zero-order valence-electron chi connectivity index (χ0n) is 12.1. The molecule has 112 valence electrons. The Morgan fingerprint density at radius 1 is 1.25 bits per heavy atom. The molecule has 1 aromatic rings. The van der Waals surface area contributed by atoms with Gasteiger partial charge in [0.25, 0.3) is 0 Å². The van der Waals surface area contributed by atoms with Gasteiger partial charge in [0.15, 0.2) is 0 Å². The summed E-state index contributed by atoms with van der Waals surface area (Å²) in [5.41, 5.74) is -0.239. The molecular weight excluding hydrogens is 260 g/mol. The summed E-state index contributed by atoms with van der Waals surface area (Å²) < 4.78 is 27.2. The normalized spacial score (nSPS) is 28.4. The first kappa shape index (κ1) is 15.4. The molecule has 2 N–H and O–H groups in total. The lowest BCUT2D eigenvalue weighted by Gasteiger charge is -2.35. The van der Waals surface area contributed by atoms with Crippen LogP contribution in [0.25, 0.3) is 0 Å². The summed E-state index contributed by atoms with van der Waals surface area (Å²) >= 11 is 0. The lowest BCUT2D eigenvalue weighted by atomic mass is 9.78. The Balaban J connectivity index is 1.97. The first-order valence-electron chi connectivity index (χ1n) is 7.36. The van der Waals surface area contributed by atoms with Crippen molar-refractivity contribution in [2.45, 2.75) is 45.3 Å². The molecule has 0 aliphatic heterocycles. The largest absolute Gasteiger partial charge is 0.387 e. The average molecular weight is 283 g/mol. The van der Waals surface area contributed by atoms with Gasteiger partial charge in [-0.05, 0) is 30.4 Å². The van der Waals surface area contributed by atoms with E-state index >= 15 is 0 Å². The van der Waals surface area contributed by atoms with Crippen LogP contribution in [0.4, 0.5) is 8.78 Å². The number of halogens is 2. The summed E-state index contributed by atoms with van der Waals surface area (Å²) in [5, 5.41) is 13.3. The van der Waals surface area contributed by atoms with Crippen molar-refractivity contribution in [2.75, 3.05) is 6.54 Å². The highest BCUT2D eigenvalue weighted by molar-refractivity contribution is 5.22. The number of aliphatic hydroxyl groups excluding tert-OH is 1. The molecule has 2 nitrogen and oxygen atoms in total. The summed E-state index contributed by atoms with van der Waals surface area (Å²) in [7, 11) is 0. The molecule has 0 heterocycles. The third-order valence-electron chi connectivity index (χ3n) is 4.61. The van der Waals surface area contributed by atoms with E-state index in [9.17, 15) is 13.9 Å². The van der Waals surface area contributed by atoms with E-state index in [1.807, 2.05) is 0 Å². The standard InChI is InChI=1S/C16H23F2NO/c1-10-5-3-8-14(11(10)2)19-9-15(20)16-12(17)6-4-7-13(16)18/h4,6-7,10-11,14-15,19-20H,3,5,8-9H2,1-2H3. The van der Waals surface area contributed by atoms with Gasteiger partial charge in [0.2, 0.25) is 0 Å². The summed E-state index contributed by atoms with van der Waals surface area (Å²) in [4.78, 5) is 0. The van der Waals surface area contributed by atoms with Crippen molar-refractivity contribution in [2.24, 2.45) is 11.8 Å². The van der Waals surface area contributed by atoms with E-state index < -0.39 is 17.7 Å². The highest BCUT2D eigenvalue weighted by Crippen LogP contribution is 2.30. The molecule has 0 spiro atoms. The Labute approximate surface area is 119 Å². The maximum absolute atomic E-state index is 13.6. The number of nitrogens with one attached hydrogen (secondary N) is 1. The fourth-order valence-electron chi connectivity index (χ4n) is 3.06. The van der Waals surface area contributed by atoms with Crippen molar-refractivity contribution in [1.29, 1.82) is 0 Å². The van der Waals surface area contributed by atoms with Gasteiger partial charge in [-0.15, -0.1) is 0 Å². The molecule has 1 aromatic carbocycles. The van der Waals surface area contributed by atoms with Crippen molar-refractivity contribution in [3.8, 4) is 0 Å². The molecule has 1 fully saturated rings. The molecule has 20 heavy (non-hydrogen) atoms. The van der Waals surface area contributed by atoms with Crippen molar-refractivity contribution in [3.63, 3.8) is 0 Å². The van der Waals surface area contributed by atoms with Crippen molar-refractivity contribution in [3.05, 3.63) is 35.4 Å². The van der Waals surface area contributed by atoms with Gasteiger partial charge >= 0.3 is 0 Å². The second kappa shape index (κ2) is 6.64. The van der Waals surface area contributed by atoms with E-state index in [4.69, 9.17) is 0 Å². The van der Waals surface area contributed by atoms with Gasteiger partial charge in [-0.3, -0.25) is 0 Å². The second-order valence-electron chi connectivity index (χ2n) is 5.93. The van der Waals surface area contributed by atoms with E-state index in [0.29, 0.717) is 17.9 Å². The molecule has 2 rings (SSSR count). The van der Waals surface area contributed by atoms with Crippen LogP contribution in [-0.4, -0.2) is 17.7 Å². The lowest BCUT2D eigenvalue weighted by molar-refractivity contribution is 0.138. The Bertz CT molecular complexity index is 432. The van der Waals surface area contributed by atoms with Crippen LogP contribution in [0.3, 0.4) is 0 Å². The average Bonchev–Trinajstić information content (AvgIpc) is 2.40. The van der Waals surface area contributed by atoms with Gasteiger partial charge in [0, 0.05) is 12.6 Å². The topological polar surface area (TPSA) is 32.3 Å². The molecule has 1 aliphatic rings. The molecule has 0 saturated heterocycles. The zero-order valence-corrected chi connectivity index (χ0v) is 12.1. The Morgan fingerprint density at radius 2 is 1.90 bits per heavy atom. The third-order valence-corrected chi connectivity index (χ3v) is 4.61. The van der Waals surface area contributed by atoms with E-state index in [1.165, 1.54) is 24.6 Å². The van der Waals surface area contributed by atoms with Crippen molar-refractivity contribution >= 4 is 0 Å². The van der Waals surface area contributed by atoms with Gasteiger partial charge < -0.3 is 10.4 Å². The fraction of sp³-hybridized carbons (Fsp3) is 0.625. The smallest absolute Gasteiger partial charge is 0.131 e. The fourth-order valence-corrected chi connectivity index (χ4v) is 3.06. The number of hydrogen-bond donors (Lipinski definition) is 2. The summed E-state index contributed by atoms with van der Waals surface area (Å²) in [6.07, 6.45) is 2.29. The molecule has 4 heteroatoms. The molecule has 4 atom stereocenters. The van der Waals surface area contributed by atoms with E-state index in [-0.39, 0.29) is 12.1 Å². The zero-order chi connectivity index (χ0) is 14.7. The predicted octanol–water partition coefficient (Wildman–Crippen LogP) is 3.41. The minimum atomic E-state index is -1.15. The monoisotopic (exact) mass is 283 g/mol. The van der Waals surface area contributed by atoms with Crippen LogP contribution in [0.1, 0.15) is 44.8 Å². The van der Waals surface area contributed by atoms with Gasteiger partial charge in [-0.25, -0.2) is 8.78 Å². The highest BCUT2D eigenvalue weighted by atomic mass is 19.1. The minimum absolute atomic E-state index is 0.180. The highest BCUT2D eigenvalue weighted by Gasteiger charge is 2.27. The molecule has 0 amide bonds. The van der Waals surface area contributed by atoms with E-state index in [2.05, 4.69) is 19.2 Å². The van der Waals surface area contributed by atoms with E-state index in [0.717, 1.165) is 12.8 Å². The second-order valence-corrected chi connectivity index (χ2v) is 5.93. The van der Waals surface area contributed by atoms with Gasteiger partial charge in [0.05, 0.1) is 11.7 Å². The predicted molar refractivity (Wildman–Crippen MR) is 75.3 cm³/mol. The number of aliphatic hydroxyl groups is 1. The maximum atomic E-state index is 13.6. The molecule has 4 unspecified atom stereocenters. The quantitative estimate of drug-likeness (QED) is 0.887. The van der Waals surface area contributed by atoms with Gasteiger partial charge in [-0.1, -0.05) is 32.8 Å². The SMILES string of the molecule is CC1CCCC(NCC(O)c2c(F)cccc2F)C1C. The first-order chi connectivity index (χ1) is 9.50. The van der Waals surface area contributed by atoms with Gasteiger partial charge in [0.1, 0.15) is 11.6 Å². The van der Waals surface area contributed by atoms with Crippen LogP contribution in [0.15, 0.2) is 18.2 Å². The summed E-state index contributed by atoms with van der Waals surface area (Å²) in [5.74, 6) is -0.223. The van der Waals surface area contributed by atoms with Crippen molar-refractivity contribution in [1.82, 2.24) is 5.32 Å².